The van der Waals surface area contributed by atoms with E-state index in [1.165, 1.54) is 11.1 Å². The first-order valence-corrected chi connectivity index (χ1v) is 8.06. The lowest BCUT2D eigenvalue weighted by Crippen LogP contribution is -2.08. The van der Waals surface area contributed by atoms with E-state index < -0.39 is 0 Å². The Hall–Kier alpha value is -2.61. The van der Waals surface area contributed by atoms with Crippen molar-refractivity contribution in [1.29, 1.82) is 0 Å². The molecule has 1 rings (SSSR count). The van der Waals surface area contributed by atoms with Crippen LogP contribution in [0.5, 0.6) is 0 Å². The molecule has 0 aromatic heterocycles. The molecule has 0 heterocycles. The standard InChI is InChI=1S/C22H28N2/c1-7-21(24(5)6)15-13-18(2)12-14-20(16-17-23-4)22-11-9-8-10-19(22)3/h7-17H,2H2,1,3-6H3/b14-12+,15-13-,20-16-,21-7+,23-17?. The molecule has 0 radical (unpaired) electrons. The van der Waals surface area contributed by atoms with Crippen molar-refractivity contribution < 1.29 is 0 Å². The van der Waals surface area contributed by atoms with E-state index >= 15 is 0 Å². The van der Waals surface area contributed by atoms with E-state index in [0.29, 0.717) is 0 Å². The van der Waals surface area contributed by atoms with Crippen LogP contribution in [0.3, 0.4) is 0 Å². The van der Waals surface area contributed by atoms with Crippen LogP contribution in [-0.2, 0) is 0 Å². The molecule has 0 fully saturated rings. The highest BCUT2D eigenvalue weighted by Gasteiger charge is 2.00. The highest BCUT2D eigenvalue weighted by Crippen LogP contribution is 2.20. The van der Waals surface area contributed by atoms with Gasteiger partial charge in [0.2, 0.25) is 0 Å². The van der Waals surface area contributed by atoms with Gasteiger partial charge in [-0.25, -0.2) is 0 Å². The first-order valence-electron chi connectivity index (χ1n) is 8.06. The molecule has 2 heteroatoms. The van der Waals surface area contributed by atoms with Gasteiger partial charge in [-0.3, -0.25) is 4.99 Å². The zero-order valence-electron chi connectivity index (χ0n) is 15.5. The van der Waals surface area contributed by atoms with Crippen LogP contribution in [0, 0.1) is 6.92 Å². The minimum Gasteiger partial charge on any atom is -0.378 e. The largest absolute Gasteiger partial charge is 0.378 e. The molecule has 2 nitrogen and oxygen atoms in total. The van der Waals surface area contributed by atoms with Crippen molar-refractivity contribution in [1.82, 2.24) is 4.90 Å². The highest BCUT2D eigenvalue weighted by molar-refractivity contribution is 5.89. The van der Waals surface area contributed by atoms with Crippen LogP contribution in [0.4, 0.5) is 0 Å². The number of aliphatic imine (C=N–C) groups is 1. The van der Waals surface area contributed by atoms with Crippen molar-refractivity contribution in [2.45, 2.75) is 13.8 Å². The Bertz CT molecular complexity index is 698. The first kappa shape index (κ1) is 19.4. The van der Waals surface area contributed by atoms with Crippen LogP contribution in [-0.4, -0.2) is 32.3 Å². The molecule has 1 aromatic carbocycles. The lowest BCUT2D eigenvalue weighted by Gasteiger charge is -2.12. The summed E-state index contributed by atoms with van der Waals surface area (Å²) in [5.41, 5.74) is 5.66. The summed E-state index contributed by atoms with van der Waals surface area (Å²) in [7, 11) is 5.83. The Balaban J connectivity index is 3.00. The van der Waals surface area contributed by atoms with E-state index in [-0.39, 0.29) is 0 Å². The number of hydrogen-bond acceptors (Lipinski definition) is 2. The van der Waals surface area contributed by atoms with E-state index in [1.54, 1.807) is 7.05 Å². The number of rotatable bonds is 7. The Morgan fingerprint density at radius 1 is 1.08 bits per heavy atom. The maximum atomic E-state index is 4.11. The zero-order valence-corrected chi connectivity index (χ0v) is 15.5. The van der Waals surface area contributed by atoms with Crippen molar-refractivity contribution in [3.8, 4) is 0 Å². The third-order valence-corrected chi connectivity index (χ3v) is 3.62. The molecule has 0 saturated heterocycles. The second-order valence-corrected chi connectivity index (χ2v) is 5.69. The second-order valence-electron chi connectivity index (χ2n) is 5.69. The SMILES string of the molecule is C=C(/C=C\C(=C/C)N(C)C)/C=C/C(=C/C=NC)c1ccccc1C. The summed E-state index contributed by atoms with van der Waals surface area (Å²) in [4.78, 5) is 6.14. The van der Waals surface area contributed by atoms with Gasteiger partial charge in [0.25, 0.3) is 0 Å². The molecule has 0 aliphatic rings. The predicted molar refractivity (Wildman–Crippen MR) is 108 cm³/mol. The smallest absolute Gasteiger partial charge is 0.0317 e. The van der Waals surface area contributed by atoms with Crippen LogP contribution in [0.25, 0.3) is 5.57 Å². The van der Waals surface area contributed by atoms with Crippen LogP contribution >= 0.6 is 0 Å². The molecule has 0 spiro atoms. The maximum absolute atomic E-state index is 4.11. The van der Waals surface area contributed by atoms with Crippen molar-refractivity contribution in [2.75, 3.05) is 21.1 Å². The van der Waals surface area contributed by atoms with Gasteiger partial charge >= 0.3 is 0 Å². The molecule has 0 N–H and O–H groups in total. The summed E-state index contributed by atoms with van der Waals surface area (Å²) in [6, 6.07) is 8.34. The third-order valence-electron chi connectivity index (χ3n) is 3.62. The van der Waals surface area contributed by atoms with Crippen LogP contribution in [0.2, 0.25) is 0 Å². The Morgan fingerprint density at radius 2 is 1.75 bits per heavy atom. The van der Waals surface area contributed by atoms with Crippen molar-refractivity contribution in [2.24, 2.45) is 4.99 Å². The van der Waals surface area contributed by atoms with Gasteiger partial charge < -0.3 is 4.90 Å². The molecule has 0 saturated carbocycles. The number of aryl methyl sites for hydroxylation is 1. The minimum absolute atomic E-state index is 0.948. The van der Waals surface area contributed by atoms with Gasteiger partial charge in [-0.2, -0.15) is 0 Å². The lowest BCUT2D eigenvalue weighted by molar-refractivity contribution is 0.529. The van der Waals surface area contributed by atoms with Gasteiger partial charge in [0.1, 0.15) is 0 Å². The van der Waals surface area contributed by atoms with Gasteiger partial charge in [0.15, 0.2) is 0 Å². The number of nitrogens with zero attached hydrogens (tertiary/aromatic N) is 2. The number of likely N-dealkylation sites (N-methyl/N-ethyl adjacent to an activating group) is 1. The zero-order chi connectivity index (χ0) is 17.9. The summed E-state index contributed by atoms with van der Waals surface area (Å²) < 4.78 is 0. The maximum Gasteiger partial charge on any atom is 0.0317 e. The molecule has 126 valence electrons. The number of hydrogen-bond donors (Lipinski definition) is 0. The van der Waals surface area contributed by atoms with E-state index in [2.05, 4.69) is 65.9 Å². The summed E-state index contributed by atoms with van der Waals surface area (Å²) >= 11 is 0. The first-order chi connectivity index (χ1) is 11.5. The topological polar surface area (TPSA) is 15.6 Å². The molecule has 0 amide bonds. The lowest BCUT2D eigenvalue weighted by atomic mass is 9.99. The third kappa shape index (κ3) is 6.25. The van der Waals surface area contributed by atoms with Crippen molar-refractivity contribution in [3.63, 3.8) is 0 Å². The van der Waals surface area contributed by atoms with Gasteiger partial charge in [-0.1, -0.05) is 55.1 Å². The van der Waals surface area contributed by atoms with Gasteiger partial charge in [-0.05, 0) is 48.3 Å². The number of benzene rings is 1. The summed E-state index contributed by atoms with van der Waals surface area (Å²) in [6.07, 6.45) is 14.1. The molecular formula is C22H28N2. The van der Waals surface area contributed by atoms with Crippen molar-refractivity contribution >= 4 is 11.8 Å². The second kappa shape index (κ2) is 10.2. The average molecular weight is 320 g/mol. The fraction of sp³-hybridized carbons (Fsp3) is 0.227. The molecule has 0 aliphatic carbocycles. The van der Waals surface area contributed by atoms with E-state index in [1.807, 2.05) is 45.5 Å². The van der Waals surface area contributed by atoms with E-state index in [9.17, 15) is 0 Å². The van der Waals surface area contributed by atoms with Crippen LogP contribution in [0.1, 0.15) is 18.1 Å². The quantitative estimate of drug-likeness (QED) is 0.497. The van der Waals surface area contributed by atoms with Gasteiger partial charge in [0, 0.05) is 33.1 Å². The van der Waals surface area contributed by atoms with E-state index in [0.717, 1.165) is 16.8 Å². The molecule has 24 heavy (non-hydrogen) atoms. The normalized spacial score (nSPS) is 13.4. The summed E-state index contributed by atoms with van der Waals surface area (Å²) in [6.45, 7) is 8.25. The summed E-state index contributed by atoms with van der Waals surface area (Å²) in [5.74, 6) is 0. The molecule has 1 aromatic rings. The van der Waals surface area contributed by atoms with Crippen LogP contribution in [0.15, 0.2) is 83.6 Å². The highest BCUT2D eigenvalue weighted by atomic mass is 15.1. The Labute approximate surface area is 146 Å². The fourth-order valence-corrected chi connectivity index (χ4v) is 2.24. The Morgan fingerprint density at radius 3 is 2.33 bits per heavy atom. The summed E-state index contributed by atoms with van der Waals surface area (Å²) in [5, 5.41) is 0. The molecular weight excluding hydrogens is 292 g/mol. The molecule has 0 bridgehead atoms. The minimum atomic E-state index is 0.948. The number of allylic oxidation sites excluding steroid dienone is 8. The average Bonchev–Trinajstić information content (AvgIpc) is 2.56. The predicted octanol–water partition coefficient (Wildman–Crippen LogP) is 5.21. The molecule has 0 atom stereocenters. The monoisotopic (exact) mass is 320 g/mol. The van der Waals surface area contributed by atoms with Crippen LogP contribution < -0.4 is 0 Å². The van der Waals surface area contributed by atoms with Gasteiger partial charge in [0.05, 0.1) is 0 Å². The molecule has 0 aliphatic heterocycles. The molecule has 0 unspecified atom stereocenters. The fourth-order valence-electron chi connectivity index (χ4n) is 2.24. The van der Waals surface area contributed by atoms with E-state index in [4.69, 9.17) is 0 Å². The van der Waals surface area contributed by atoms with Gasteiger partial charge in [-0.15, -0.1) is 0 Å². The Kier molecular flexibility index (Phi) is 8.28. The van der Waals surface area contributed by atoms with Crippen molar-refractivity contribution in [3.05, 3.63) is 89.7 Å².